The fraction of sp³-hybridized carbons (Fsp3) is 0.462. The predicted molar refractivity (Wildman–Crippen MR) is 75.7 cm³/mol. The Bertz CT molecular complexity index is 626. The molecule has 0 radical (unpaired) electrons. The van der Waals surface area contributed by atoms with Gasteiger partial charge >= 0.3 is 0 Å². The number of thiazole rings is 1. The lowest BCUT2D eigenvalue weighted by Crippen LogP contribution is -2.38. The Morgan fingerprint density at radius 3 is 3.25 bits per heavy atom. The molecule has 1 fully saturated rings. The van der Waals surface area contributed by atoms with Crippen molar-refractivity contribution in [2.45, 2.75) is 19.6 Å². The Kier molecular flexibility index (Phi) is 3.90. The van der Waals surface area contributed by atoms with Crippen LogP contribution in [-0.2, 0) is 11.3 Å². The minimum atomic E-state index is -0.141. The molecule has 0 bridgehead atoms. The molecule has 1 atom stereocenters. The van der Waals surface area contributed by atoms with Gasteiger partial charge in [-0.2, -0.15) is 0 Å². The Hall–Kier alpha value is -1.57. The van der Waals surface area contributed by atoms with E-state index in [1.165, 1.54) is 10.9 Å². The third-order valence-electron chi connectivity index (χ3n) is 3.22. The first-order valence-corrected chi connectivity index (χ1v) is 7.38. The van der Waals surface area contributed by atoms with Crippen molar-refractivity contribution in [3.8, 4) is 0 Å². The van der Waals surface area contributed by atoms with Crippen LogP contribution in [0, 0.1) is 6.92 Å². The molecule has 1 aliphatic rings. The van der Waals surface area contributed by atoms with Crippen molar-refractivity contribution < 1.29 is 4.74 Å². The van der Waals surface area contributed by atoms with E-state index in [1.54, 1.807) is 18.3 Å². The molecule has 1 saturated heterocycles. The monoisotopic (exact) mass is 292 g/mol. The summed E-state index contributed by atoms with van der Waals surface area (Å²) in [6, 6.07) is 1.52. The van der Waals surface area contributed by atoms with Crippen molar-refractivity contribution in [2.75, 3.05) is 19.7 Å². The Balaban J connectivity index is 1.72. The number of nitrogens with zero attached hydrogens (tertiary/aromatic N) is 3. The van der Waals surface area contributed by atoms with E-state index < -0.39 is 0 Å². The van der Waals surface area contributed by atoms with Crippen molar-refractivity contribution in [1.82, 2.24) is 19.9 Å². The molecule has 20 heavy (non-hydrogen) atoms. The highest BCUT2D eigenvalue weighted by Gasteiger charge is 2.23. The van der Waals surface area contributed by atoms with Crippen LogP contribution in [0.3, 0.4) is 0 Å². The zero-order valence-electron chi connectivity index (χ0n) is 11.2. The summed E-state index contributed by atoms with van der Waals surface area (Å²) in [5, 5.41) is 0. The van der Waals surface area contributed by atoms with E-state index in [0.29, 0.717) is 18.1 Å². The number of nitrogens with one attached hydrogen (secondary N) is 1. The standard InChI is InChI=1S/C13H16N4O2S/c1-9-15-11(4-13(18)16-9)12-7-17(2-3-19-12)6-10-5-14-8-20-10/h4-5,8,12H,2-3,6-7H2,1H3,(H,15,16,18)/t12-/m0/s1. The van der Waals surface area contributed by atoms with Crippen LogP contribution in [-0.4, -0.2) is 39.5 Å². The van der Waals surface area contributed by atoms with Crippen LogP contribution < -0.4 is 5.56 Å². The molecule has 3 rings (SSSR count). The molecule has 2 aromatic heterocycles. The first-order valence-electron chi connectivity index (χ1n) is 6.50. The van der Waals surface area contributed by atoms with Crippen LogP contribution in [0.2, 0.25) is 0 Å². The number of ether oxygens (including phenoxy) is 1. The SMILES string of the molecule is Cc1nc([C@@H]2CN(Cc3cncs3)CCO2)cc(=O)[nH]1. The number of hydrogen-bond acceptors (Lipinski definition) is 6. The van der Waals surface area contributed by atoms with Gasteiger partial charge < -0.3 is 9.72 Å². The van der Waals surface area contributed by atoms with Gasteiger partial charge in [-0.3, -0.25) is 14.7 Å². The average Bonchev–Trinajstić information content (AvgIpc) is 2.91. The maximum Gasteiger partial charge on any atom is 0.251 e. The number of rotatable bonds is 3. The quantitative estimate of drug-likeness (QED) is 0.917. The molecule has 0 unspecified atom stereocenters. The molecule has 1 N–H and O–H groups in total. The summed E-state index contributed by atoms with van der Waals surface area (Å²) >= 11 is 1.65. The smallest absolute Gasteiger partial charge is 0.251 e. The minimum Gasteiger partial charge on any atom is -0.369 e. The molecule has 106 valence electrons. The summed E-state index contributed by atoms with van der Waals surface area (Å²) in [7, 11) is 0. The first kappa shape index (κ1) is 13.4. The van der Waals surface area contributed by atoms with Crippen molar-refractivity contribution in [2.24, 2.45) is 0 Å². The van der Waals surface area contributed by atoms with Crippen LogP contribution in [0.15, 0.2) is 22.6 Å². The fourth-order valence-corrected chi connectivity index (χ4v) is 2.97. The van der Waals surface area contributed by atoms with Gasteiger partial charge in [0.15, 0.2) is 0 Å². The normalized spacial score (nSPS) is 20.1. The van der Waals surface area contributed by atoms with Gasteiger partial charge in [0.2, 0.25) is 0 Å². The second kappa shape index (κ2) is 5.82. The largest absolute Gasteiger partial charge is 0.369 e. The summed E-state index contributed by atoms with van der Waals surface area (Å²) in [6.07, 6.45) is 1.75. The highest BCUT2D eigenvalue weighted by Crippen LogP contribution is 2.21. The van der Waals surface area contributed by atoms with Crippen LogP contribution in [0.1, 0.15) is 22.5 Å². The van der Waals surface area contributed by atoms with Crippen LogP contribution in [0.4, 0.5) is 0 Å². The Labute approximate surface area is 120 Å². The summed E-state index contributed by atoms with van der Waals surface area (Å²) in [4.78, 5) is 26.2. The summed E-state index contributed by atoms with van der Waals surface area (Å²) < 4.78 is 5.75. The molecular weight excluding hydrogens is 276 g/mol. The molecule has 7 heteroatoms. The molecule has 0 aliphatic carbocycles. The fourth-order valence-electron chi connectivity index (χ4n) is 2.33. The number of aryl methyl sites for hydroxylation is 1. The first-order chi connectivity index (χ1) is 9.70. The lowest BCUT2D eigenvalue weighted by Gasteiger charge is -2.32. The topological polar surface area (TPSA) is 71.1 Å². The van der Waals surface area contributed by atoms with Crippen molar-refractivity contribution in [3.05, 3.63) is 44.5 Å². The lowest BCUT2D eigenvalue weighted by molar-refractivity contribution is -0.0348. The van der Waals surface area contributed by atoms with Gasteiger partial charge in [-0.05, 0) is 6.92 Å². The van der Waals surface area contributed by atoms with E-state index in [9.17, 15) is 4.79 Å². The Morgan fingerprint density at radius 1 is 1.60 bits per heavy atom. The van der Waals surface area contributed by atoms with Gasteiger partial charge in [-0.25, -0.2) is 4.98 Å². The minimum absolute atomic E-state index is 0.129. The van der Waals surface area contributed by atoms with E-state index in [1.807, 2.05) is 11.7 Å². The maximum absolute atomic E-state index is 11.5. The highest BCUT2D eigenvalue weighted by molar-refractivity contribution is 7.09. The molecule has 0 amide bonds. The summed E-state index contributed by atoms with van der Waals surface area (Å²) in [5.41, 5.74) is 2.42. The van der Waals surface area contributed by atoms with Gasteiger partial charge in [0, 0.05) is 36.8 Å². The molecular formula is C13H16N4O2S. The van der Waals surface area contributed by atoms with Gasteiger partial charge in [0.25, 0.3) is 5.56 Å². The van der Waals surface area contributed by atoms with E-state index in [-0.39, 0.29) is 11.7 Å². The van der Waals surface area contributed by atoms with Crippen LogP contribution in [0.25, 0.3) is 0 Å². The zero-order valence-corrected chi connectivity index (χ0v) is 12.0. The molecule has 2 aromatic rings. The molecule has 0 saturated carbocycles. The highest BCUT2D eigenvalue weighted by atomic mass is 32.1. The van der Waals surface area contributed by atoms with Gasteiger partial charge in [0.05, 0.1) is 17.8 Å². The third-order valence-corrected chi connectivity index (χ3v) is 3.99. The molecule has 6 nitrogen and oxygen atoms in total. The second-order valence-corrected chi connectivity index (χ2v) is 5.79. The van der Waals surface area contributed by atoms with Gasteiger partial charge in [-0.1, -0.05) is 0 Å². The average molecular weight is 292 g/mol. The molecule has 1 aliphatic heterocycles. The van der Waals surface area contributed by atoms with E-state index >= 15 is 0 Å². The Morgan fingerprint density at radius 2 is 2.50 bits per heavy atom. The third kappa shape index (κ3) is 3.12. The van der Waals surface area contributed by atoms with E-state index in [4.69, 9.17) is 4.74 Å². The zero-order chi connectivity index (χ0) is 13.9. The summed E-state index contributed by atoms with van der Waals surface area (Å²) in [5.74, 6) is 0.621. The number of morpholine rings is 1. The predicted octanol–water partition coefficient (Wildman–Crippen LogP) is 1.11. The van der Waals surface area contributed by atoms with Crippen molar-refractivity contribution in [1.29, 1.82) is 0 Å². The molecule has 3 heterocycles. The number of aromatic amines is 1. The number of aromatic nitrogens is 3. The van der Waals surface area contributed by atoms with E-state index in [2.05, 4.69) is 19.9 Å². The molecule has 0 aromatic carbocycles. The second-order valence-electron chi connectivity index (χ2n) is 4.82. The summed E-state index contributed by atoms with van der Waals surface area (Å²) in [6.45, 7) is 4.93. The molecule has 0 spiro atoms. The lowest BCUT2D eigenvalue weighted by atomic mass is 10.2. The van der Waals surface area contributed by atoms with Crippen molar-refractivity contribution in [3.63, 3.8) is 0 Å². The van der Waals surface area contributed by atoms with E-state index in [0.717, 1.165) is 19.6 Å². The van der Waals surface area contributed by atoms with Crippen LogP contribution in [0.5, 0.6) is 0 Å². The van der Waals surface area contributed by atoms with Gasteiger partial charge in [0.1, 0.15) is 11.9 Å². The van der Waals surface area contributed by atoms with Crippen LogP contribution >= 0.6 is 11.3 Å². The van der Waals surface area contributed by atoms with Crippen molar-refractivity contribution >= 4 is 11.3 Å². The number of H-pyrrole nitrogens is 1. The maximum atomic E-state index is 11.5. The van der Waals surface area contributed by atoms with Gasteiger partial charge in [-0.15, -0.1) is 11.3 Å². The number of hydrogen-bond donors (Lipinski definition) is 1.